The largest absolute Gasteiger partial charge is 0.345 e. The van der Waals surface area contributed by atoms with Crippen molar-refractivity contribution in [2.24, 2.45) is 0 Å². The third-order valence-corrected chi connectivity index (χ3v) is 1.45. The molecule has 0 saturated carbocycles. The molecule has 1 aromatic heterocycles. The summed E-state index contributed by atoms with van der Waals surface area (Å²) in [5, 5.41) is 0. The predicted molar refractivity (Wildman–Crippen MR) is 37.4 cm³/mol. The molecule has 3 nitrogen and oxygen atoms in total. The normalized spacial score (nSPS) is 10.2. The van der Waals surface area contributed by atoms with Gasteiger partial charge in [-0.3, -0.25) is 0 Å². The lowest BCUT2D eigenvalue weighted by molar-refractivity contribution is -0.736. The molecule has 0 fully saturated rings. The number of imidazole rings is 1. The van der Waals surface area contributed by atoms with E-state index in [1.165, 1.54) is 5.82 Å². The van der Waals surface area contributed by atoms with E-state index in [4.69, 9.17) is 4.74 Å². The minimum Gasteiger partial charge on any atom is -0.345 e. The molecular formula is C7H13N2O+. The first kappa shape index (κ1) is 7.28. The summed E-state index contributed by atoms with van der Waals surface area (Å²) in [5.41, 5.74) is 0. The maximum atomic E-state index is 4.97. The molecule has 0 aliphatic heterocycles. The molecule has 1 aromatic rings. The summed E-state index contributed by atoms with van der Waals surface area (Å²) in [7, 11) is 1.69. The third-order valence-electron chi connectivity index (χ3n) is 1.45. The summed E-state index contributed by atoms with van der Waals surface area (Å²) < 4.78 is 7.01. The number of aromatic nitrogens is 2. The summed E-state index contributed by atoms with van der Waals surface area (Å²) in [6.07, 6.45) is 4.90. The van der Waals surface area contributed by atoms with Gasteiger partial charge in [0.2, 0.25) is 0 Å². The average Bonchev–Trinajstić information content (AvgIpc) is 2.36. The minimum absolute atomic E-state index is 0.632. The van der Waals surface area contributed by atoms with Crippen molar-refractivity contribution in [3.63, 3.8) is 0 Å². The van der Waals surface area contributed by atoms with Crippen LogP contribution in [-0.4, -0.2) is 12.1 Å². The first-order valence-corrected chi connectivity index (χ1v) is 3.43. The molecule has 0 aromatic carbocycles. The van der Waals surface area contributed by atoms with Gasteiger partial charge in [0, 0.05) is 13.5 Å². The molecule has 3 heteroatoms. The molecule has 0 spiro atoms. The Balaban J connectivity index is 2.70. The summed E-state index contributed by atoms with van der Waals surface area (Å²) in [6, 6.07) is 0. The molecule has 1 rings (SSSR count). The van der Waals surface area contributed by atoms with Crippen LogP contribution in [0.15, 0.2) is 12.4 Å². The van der Waals surface area contributed by atoms with Crippen LogP contribution in [0.5, 0.6) is 0 Å². The number of hydrogen-bond donors (Lipinski definition) is 1. The van der Waals surface area contributed by atoms with E-state index in [-0.39, 0.29) is 0 Å². The first-order chi connectivity index (χ1) is 4.88. The minimum atomic E-state index is 0.632. The molecule has 0 radical (unpaired) electrons. The monoisotopic (exact) mass is 141 g/mol. The number of rotatable bonds is 3. The Morgan fingerprint density at radius 2 is 2.50 bits per heavy atom. The molecule has 10 heavy (non-hydrogen) atoms. The van der Waals surface area contributed by atoms with Crippen molar-refractivity contribution in [1.29, 1.82) is 0 Å². The van der Waals surface area contributed by atoms with Crippen LogP contribution in [0.3, 0.4) is 0 Å². The SMILES string of the molecule is CCc1[nH]cc[n+]1COC. The van der Waals surface area contributed by atoms with E-state index in [0.29, 0.717) is 6.73 Å². The smallest absolute Gasteiger partial charge is 0.255 e. The van der Waals surface area contributed by atoms with E-state index in [0.717, 1.165) is 6.42 Å². The second-order valence-electron chi connectivity index (χ2n) is 2.15. The Bertz CT molecular complexity index is 195. The van der Waals surface area contributed by atoms with Crippen molar-refractivity contribution < 1.29 is 9.30 Å². The lowest BCUT2D eigenvalue weighted by Gasteiger charge is -1.94. The quantitative estimate of drug-likeness (QED) is 0.609. The van der Waals surface area contributed by atoms with Crippen molar-refractivity contribution in [2.45, 2.75) is 20.1 Å². The number of hydrogen-bond acceptors (Lipinski definition) is 1. The van der Waals surface area contributed by atoms with Gasteiger partial charge in [-0.2, -0.15) is 0 Å². The molecule has 1 heterocycles. The number of methoxy groups -OCH3 is 1. The van der Waals surface area contributed by atoms with Gasteiger partial charge in [0.25, 0.3) is 5.82 Å². The second-order valence-corrected chi connectivity index (χ2v) is 2.15. The summed E-state index contributed by atoms with van der Waals surface area (Å²) in [6.45, 7) is 2.74. The van der Waals surface area contributed by atoms with E-state index in [1.54, 1.807) is 7.11 Å². The zero-order chi connectivity index (χ0) is 7.40. The topological polar surface area (TPSA) is 28.9 Å². The van der Waals surface area contributed by atoms with Crippen molar-refractivity contribution >= 4 is 0 Å². The molecule has 0 amide bonds. The highest BCUT2D eigenvalue weighted by atomic mass is 16.5. The lowest BCUT2D eigenvalue weighted by Crippen LogP contribution is -2.36. The average molecular weight is 141 g/mol. The van der Waals surface area contributed by atoms with Crippen LogP contribution in [0, 0.1) is 0 Å². The number of aromatic amines is 1. The van der Waals surface area contributed by atoms with Crippen LogP contribution in [-0.2, 0) is 17.9 Å². The predicted octanol–water partition coefficient (Wildman–Crippen LogP) is 0.468. The Morgan fingerprint density at radius 3 is 3.10 bits per heavy atom. The van der Waals surface area contributed by atoms with Crippen LogP contribution >= 0.6 is 0 Å². The van der Waals surface area contributed by atoms with Crippen LogP contribution in [0.25, 0.3) is 0 Å². The van der Waals surface area contributed by atoms with Gasteiger partial charge in [0.05, 0.1) is 0 Å². The van der Waals surface area contributed by atoms with Gasteiger partial charge in [-0.25, -0.2) is 9.55 Å². The maximum absolute atomic E-state index is 4.97. The highest BCUT2D eigenvalue weighted by Crippen LogP contribution is 1.86. The van der Waals surface area contributed by atoms with Crippen LogP contribution in [0.1, 0.15) is 12.7 Å². The molecule has 56 valence electrons. The molecule has 0 atom stereocenters. The Morgan fingerprint density at radius 1 is 1.70 bits per heavy atom. The number of H-pyrrole nitrogens is 1. The Kier molecular flexibility index (Phi) is 2.45. The summed E-state index contributed by atoms with van der Waals surface area (Å²) in [4.78, 5) is 3.12. The van der Waals surface area contributed by atoms with Gasteiger partial charge in [-0.05, 0) is 0 Å². The summed E-state index contributed by atoms with van der Waals surface area (Å²) in [5.74, 6) is 1.20. The number of aryl methyl sites for hydroxylation is 1. The van der Waals surface area contributed by atoms with E-state index in [2.05, 4.69) is 11.9 Å². The van der Waals surface area contributed by atoms with Crippen molar-refractivity contribution in [3.8, 4) is 0 Å². The zero-order valence-corrected chi connectivity index (χ0v) is 6.42. The van der Waals surface area contributed by atoms with E-state index in [9.17, 15) is 0 Å². The molecule has 0 saturated heterocycles. The van der Waals surface area contributed by atoms with E-state index in [1.807, 2.05) is 17.0 Å². The molecule has 0 bridgehead atoms. The standard InChI is InChI=1S/C7H12N2O/c1-3-7-8-4-5-9(7)6-10-2/h4-5H,3,6H2,1-2H3/p+1. The highest BCUT2D eigenvalue weighted by Gasteiger charge is 2.05. The molecule has 0 unspecified atom stereocenters. The highest BCUT2D eigenvalue weighted by molar-refractivity contribution is 4.74. The lowest BCUT2D eigenvalue weighted by atomic mass is 10.5. The van der Waals surface area contributed by atoms with Gasteiger partial charge in [0.1, 0.15) is 12.4 Å². The number of nitrogens with one attached hydrogen (secondary N) is 1. The van der Waals surface area contributed by atoms with Gasteiger partial charge < -0.3 is 4.74 Å². The Hall–Kier alpha value is -0.830. The summed E-state index contributed by atoms with van der Waals surface area (Å²) >= 11 is 0. The molecule has 0 aliphatic rings. The molecule has 1 N–H and O–H groups in total. The fourth-order valence-corrected chi connectivity index (χ4v) is 0.962. The van der Waals surface area contributed by atoms with Crippen LogP contribution < -0.4 is 4.57 Å². The van der Waals surface area contributed by atoms with Gasteiger partial charge in [-0.1, -0.05) is 6.92 Å². The molecule has 0 aliphatic carbocycles. The Labute approximate surface area is 60.6 Å². The number of ether oxygens (including phenoxy) is 1. The van der Waals surface area contributed by atoms with Crippen LogP contribution in [0.2, 0.25) is 0 Å². The van der Waals surface area contributed by atoms with Crippen molar-refractivity contribution in [1.82, 2.24) is 4.98 Å². The van der Waals surface area contributed by atoms with Gasteiger partial charge in [-0.15, -0.1) is 0 Å². The van der Waals surface area contributed by atoms with E-state index >= 15 is 0 Å². The number of nitrogens with zero attached hydrogens (tertiary/aromatic N) is 1. The zero-order valence-electron chi connectivity index (χ0n) is 6.42. The second kappa shape index (κ2) is 3.37. The van der Waals surface area contributed by atoms with Gasteiger partial charge in [0.15, 0.2) is 6.73 Å². The van der Waals surface area contributed by atoms with Crippen molar-refractivity contribution in [3.05, 3.63) is 18.2 Å². The van der Waals surface area contributed by atoms with E-state index < -0.39 is 0 Å². The van der Waals surface area contributed by atoms with Crippen molar-refractivity contribution in [2.75, 3.05) is 7.11 Å². The first-order valence-electron chi connectivity index (χ1n) is 3.43. The van der Waals surface area contributed by atoms with Gasteiger partial charge >= 0.3 is 0 Å². The molecular weight excluding hydrogens is 128 g/mol. The third kappa shape index (κ3) is 1.36. The van der Waals surface area contributed by atoms with Crippen LogP contribution in [0.4, 0.5) is 0 Å². The maximum Gasteiger partial charge on any atom is 0.255 e. The fraction of sp³-hybridized carbons (Fsp3) is 0.571. The fourth-order valence-electron chi connectivity index (χ4n) is 0.962.